The topological polar surface area (TPSA) is 92.3 Å². The van der Waals surface area contributed by atoms with Crippen LogP contribution in [0.4, 0.5) is 5.82 Å². The fraction of sp³-hybridized carbons (Fsp3) is 0.480. The molecule has 0 saturated carbocycles. The van der Waals surface area contributed by atoms with Crippen molar-refractivity contribution in [3.05, 3.63) is 52.7 Å². The van der Waals surface area contributed by atoms with E-state index in [1.165, 1.54) is 23.2 Å². The van der Waals surface area contributed by atoms with Crippen LogP contribution in [0.25, 0.3) is 10.2 Å². The van der Waals surface area contributed by atoms with Gasteiger partial charge in [-0.3, -0.25) is 4.79 Å². The summed E-state index contributed by atoms with van der Waals surface area (Å²) < 4.78 is 23.5. The Hall–Kier alpha value is -2.52. The molecule has 1 N–H and O–H groups in total. The minimum absolute atomic E-state index is 0.0755. The molecule has 2 fully saturated rings. The largest absolute Gasteiger partial charge is 0.369 e. The number of hydrogen-bond donors (Lipinski definition) is 1. The molecule has 0 spiro atoms. The Morgan fingerprint density at radius 2 is 1.88 bits per heavy atom. The second-order valence-corrected chi connectivity index (χ2v) is 12.8. The molecule has 0 bridgehead atoms. The molecule has 2 aliphatic heterocycles. The number of aryl methyl sites for hydroxylation is 1. The third kappa shape index (κ3) is 4.95. The summed E-state index contributed by atoms with van der Waals surface area (Å²) >= 11 is 1.42. The van der Waals surface area contributed by atoms with Crippen LogP contribution in [-0.2, 0) is 16.3 Å². The number of nitrogens with zero attached hydrogens (tertiary/aromatic N) is 3. The van der Waals surface area contributed by atoms with E-state index in [0.29, 0.717) is 24.7 Å². The summed E-state index contributed by atoms with van der Waals surface area (Å²) in [4.78, 5) is 25.7. The van der Waals surface area contributed by atoms with Gasteiger partial charge in [0.05, 0.1) is 21.8 Å². The molecular weight excluding hydrogens is 468 g/mol. The lowest BCUT2D eigenvalue weighted by molar-refractivity contribution is 0.0695. The highest BCUT2D eigenvalue weighted by atomic mass is 32.2. The molecule has 9 heteroatoms. The molecule has 1 aromatic carbocycles. The predicted octanol–water partition coefficient (Wildman–Crippen LogP) is 3.94. The number of likely N-dealkylation sites (tertiary alicyclic amines) is 1. The van der Waals surface area contributed by atoms with E-state index >= 15 is 0 Å². The van der Waals surface area contributed by atoms with Crippen LogP contribution < -0.4 is 5.32 Å². The number of benzene rings is 1. The molecule has 1 unspecified atom stereocenters. The third-order valence-corrected chi connectivity index (χ3v) is 10.1. The predicted molar refractivity (Wildman–Crippen MR) is 136 cm³/mol. The van der Waals surface area contributed by atoms with Gasteiger partial charge < -0.3 is 10.2 Å². The van der Waals surface area contributed by atoms with Crippen molar-refractivity contribution in [1.82, 2.24) is 14.9 Å². The molecule has 4 heterocycles. The normalized spacial score (nSPS) is 20.6. The summed E-state index contributed by atoms with van der Waals surface area (Å²) in [6.07, 6.45) is 5.28. The van der Waals surface area contributed by atoms with E-state index in [-0.39, 0.29) is 23.3 Å². The zero-order chi connectivity index (χ0) is 23.7. The van der Waals surface area contributed by atoms with Crippen LogP contribution in [-0.4, -0.2) is 60.3 Å². The van der Waals surface area contributed by atoms with Gasteiger partial charge in [-0.2, -0.15) is 0 Å². The average Bonchev–Trinajstić information content (AvgIpc) is 3.37. The lowest BCUT2D eigenvalue weighted by atomic mass is 9.90. The molecule has 2 aliphatic rings. The van der Waals surface area contributed by atoms with Gasteiger partial charge in [0.15, 0.2) is 9.84 Å². The number of rotatable bonds is 6. The quantitative estimate of drug-likeness (QED) is 0.553. The molecule has 2 saturated heterocycles. The molecular formula is C25H30N4O3S2. The van der Waals surface area contributed by atoms with Gasteiger partial charge >= 0.3 is 0 Å². The maximum Gasteiger partial charge on any atom is 0.264 e. The van der Waals surface area contributed by atoms with Crippen molar-refractivity contribution < 1.29 is 13.2 Å². The zero-order valence-corrected chi connectivity index (χ0v) is 21.0. The van der Waals surface area contributed by atoms with E-state index in [1.807, 2.05) is 17.9 Å². The highest BCUT2D eigenvalue weighted by Crippen LogP contribution is 2.35. The van der Waals surface area contributed by atoms with Crippen molar-refractivity contribution in [3.8, 4) is 0 Å². The van der Waals surface area contributed by atoms with Crippen molar-refractivity contribution in [1.29, 1.82) is 0 Å². The number of carbonyl (C=O) groups excluding carboxylic acids is 1. The maximum absolute atomic E-state index is 13.4. The molecule has 180 valence electrons. The standard InChI is InChI=1S/C25H30N4O3S2/c1-17-21-23(26-14-20-9-12-34(31,32)15-20)27-16-28-24(21)33-22(17)25(30)29-10-7-19(8-11-29)13-18-5-3-2-4-6-18/h2-6,16,19-20H,7-15H2,1H3,(H,26,27,28). The number of fused-ring (bicyclic) bond motifs is 1. The number of anilines is 1. The van der Waals surface area contributed by atoms with Gasteiger partial charge in [0.2, 0.25) is 0 Å². The first-order valence-corrected chi connectivity index (χ1v) is 14.5. The van der Waals surface area contributed by atoms with E-state index in [9.17, 15) is 13.2 Å². The Bertz CT molecular complexity index is 1280. The lowest BCUT2D eigenvalue weighted by Crippen LogP contribution is -2.38. The van der Waals surface area contributed by atoms with E-state index in [4.69, 9.17) is 0 Å². The Morgan fingerprint density at radius 1 is 1.12 bits per heavy atom. The van der Waals surface area contributed by atoms with Crippen LogP contribution in [0.15, 0.2) is 36.7 Å². The van der Waals surface area contributed by atoms with E-state index in [0.717, 1.165) is 53.0 Å². The second-order valence-electron chi connectivity index (χ2n) is 9.53. The van der Waals surface area contributed by atoms with Gasteiger partial charge in [0.25, 0.3) is 5.91 Å². The van der Waals surface area contributed by atoms with Gasteiger partial charge in [0, 0.05) is 19.6 Å². The van der Waals surface area contributed by atoms with Gasteiger partial charge in [0.1, 0.15) is 17.0 Å². The Balaban J connectivity index is 1.26. The summed E-state index contributed by atoms with van der Waals surface area (Å²) in [6, 6.07) is 10.6. The van der Waals surface area contributed by atoms with Crippen LogP contribution in [0.5, 0.6) is 0 Å². The number of carbonyl (C=O) groups is 1. The van der Waals surface area contributed by atoms with E-state index < -0.39 is 9.84 Å². The van der Waals surface area contributed by atoms with Gasteiger partial charge in [-0.05, 0) is 55.6 Å². The molecule has 7 nitrogen and oxygen atoms in total. The van der Waals surface area contributed by atoms with Crippen molar-refractivity contribution in [2.24, 2.45) is 11.8 Å². The third-order valence-electron chi connectivity index (χ3n) is 7.07. The second kappa shape index (κ2) is 9.62. The molecule has 0 radical (unpaired) electrons. The molecule has 2 aromatic heterocycles. The smallest absolute Gasteiger partial charge is 0.264 e. The van der Waals surface area contributed by atoms with Crippen molar-refractivity contribution in [2.75, 3.05) is 36.5 Å². The van der Waals surface area contributed by atoms with E-state index in [2.05, 4.69) is 39.6 Å². The first-order valence-electron chi connectivity index (χ1n) is 11.9. The molecule has 1 amide bonds. The Labute approximate surface area is 204 Å². The molecule has 3 aromatic rings. The number of aromatic nitrogens is 2. The Morgan fingerprint density at radius 3 is 2.59 bits per heavy atom. The minimum Gasteiger partial charge on any atom is -0.369 e. The summed E-state index contributed by atoms with van der Waals surface area (Å²) in [7, 11) is -2.91. The fourth-order valence-corrected chi connectivity index (χ4v) is 8.09. The van der Waals surface area contributed by atoms with Crippen LogP contribution in [0.1, 0.15) is 40.1 Å². The number of hydrogen-bond acceptors (Lipinski definition) is 7. The minimum atomic E-state index is -2.91. The average molecular weight is 499 g/mol. The molecule has 34 heavy (non-hydrogen) atoms. The highest BCUT2D eigenvalue weighted by Gasteiger charge is 2.29. The first-order chi connectivity index (χ1) is 16.4. The number of piperidine rings is 1. The molecule has 5 rings (SSSR count). The monoisotopic (exact) mass is 498 g/mol. The van der Waals surface area contributed by atoms with Crippen LogP contribution >= 0.6 is 11.3 Å². The molecule has 1 atom stereocenters. The van der Waals surface area contributed by atoms with Crippen molar-refractivity contribution in [3.63, 3.8) is 0 Å². The summed E-state index contributed by atoms with van der Waals surface area (Å²) in [5.41, 5.74) is 2.26. The zero-order valence-electron chi connectivity index (χ0n) is 19.4. The van der Waals surface area contributed by atoms with Crippen LogP contribution in [0, 0.1) is 18.8 Å². The highest BCUT2D eigenvalue weighted by molar-refractivity contribution is 7.91. The summed E-state index contributed by atoms with van der Waals surface area (Å²) in [5, 5.41) is 4.21. The number of thiophene rings is 1. The molecule has 0 aliphatic carbocycles. The van der Waals surface area contributed by atoms with Crippen LogP contribution in [0.2, 0.25) is 0 Å². The maximum atomic E-state index is 13.4. The number of nitrogens with one attached hydrogen (secondary N) is 1. The van der Waals surface area contributed by atoms with Crippen LogP contribution in [0.3, 0.4) is 0 Å². The SMILES string of the molecule is Cc1c(C(=O)N2CCC(Cc3ccccc3)CC2)sc2ncnc(NCC3CCS(=O)(=O)C3)c12. The van der Waals surface area contributed by atoms with Gasteiger partial charge in [-0.1, -0.05) is 30.3 Å². The first kappa shape index (κ1) is 23.2. The summed E-state index contributed by atoms with van der Waals surface area (Å²) in [6.45, 7) is 4.07. The van der Waals surface area contributed by atoms with Gasteiger partial charge in [-0.15, -0.1) is 11.3 Å². The number of sulfone groups is 1. The van der Waals surface area contributed by atoms with Crippen molar-refractivity contribution >= 4 is 43.1 Å². The lowest BCUT2D eigenvalue weighted by Gasteiger charge is -2.32. The number of amides is 1. The van der Waals surface area contributed by atoms with Gasteiger partial charge in [-0.25, -0.2) is 18.4 Å². The summed E-state index contributed by atoms with van der Waals surface area (Å²) in [5.74, 6) is 1.94. The van der Waals surface area contributed by atoms with E-state index in [1.54, 1.807) is 0 Å². The van der Waals surface area contributed by atoms with Crippen molar-refractivity contribution in [2.45, 2.75) is 32.6 Å². The Kier molecular flexibility index (Phi) is 6.57. The fourth-order valence-electron chi connectivity index (χ4n) is 5.11.